The number of methoxy groups -OCH3 is 2. The molecule has 0 aliphatic carbocycles. The molecule has 6 atom stereocenters. The lowest BCUT2D eigenvalue weighted by molar-refractivity contribution is -0.384. The average Bonchev–Trinajstić information content (AvgIpc) is 3.86. The summed E-state index contributed by atoms with van der Waals surface area (Å²) in [6.45, 7) is -0.345. The lowest BCUT2D eigenvalue weighted by Gasteiger charge is -2.46. The van der Waals surface area contributed by atoms with Crippen LogP contribution >= 0.6 is 0 Å². The first-order valence-corrected chi connectivity index (χ1v) is 23.4. The van der Waals surface area contributed by atoms with Gasteiger partial charge < -0.3 is 34.1 Å². The zero-order valence-electron chi connectivity index (χ0n) is 39.2. The van der Waals surface area contributed by atoms with Gasteiger partial charge in [0.25, 0.3) is 5.69 Å². The van der Waals surface area contributed by atoms with Crippen molar-refractivity contribution in [3.8, 4) is 29.1 Å². The number of imide groups is 1. The summed E-state index contributed by atoms with van der Waals surface area (Å²) in [5, 5.41) is 31.9. The van der Waals surface area contributed by atoms with Gasteiger partial charge in [0.2, 0.25) is 11.8 Å². The minimum atomic E-state index is -2.13. The first-order valence-electron chi connectivity index (χ1n) is 23.4. The van der Waals surface area contributed by atoms with Gasteiger partial charge in [-0.25, -0.2) is 9.69 Å². The summed E-state index contributed by atoms with van der Waals surface area (Å²) in [4.78, 5) is 78.8. The van der Waals surface area contributed by atoms with Crippen molar-refractivity contribution in [3.63, 3.8) is 0 Å². The Kier molecular flexibility index (Phi) is 12.7. The molecule has 16 heteroatoms. The van der Waals surface area contributed by atoms with Gasteiger partial charge in [0, 0.05) is 37.2 Å². The summed E-state index contributed by atoms with van der Waals surface area (Å²) >= 11 is 0. The summed E-state index contributed by atoms with van der Waals surface area (Å²) in [5.74, 6) is 3.13. The Labute approximate surface area is 414 Å². The van der Waals surface area contributed by atoms with E-state index in [2.05, 4.69) is 11.8 Å². The number of phenols is 1. The molecule has 0 unspecified atom stereocenters. The lowest BCUT2D eigenvalue weighted by atomic mass is 9.64. The minimum Gasteiger partial charge on any atom is -0.508 e. The molecule has 1 spiro atoms. The summed E-state index contributed by atoms with van der Waals surface area (Å²) in [6.07, 6.45) is -1.55. The second kappa shape index (κ2) is 19.3. The Morgan fingerprint density at radius 2 is 1.49 bits per heavy atom. The van der Waals surface area contributed by atoms with Crippen molar-refractivity contribution in [2.75, 3.05) is 32.3 Å². The number of aliphatic hydroxyl groups is 1. The fraction of sp³-hybridized carbons (Fsp3) is 0.250. The van der Waals surface area contributed by atoms with Crippen molar-refractivity contribution in [1.82, 2.24) is 9.80 Å². The van der Waals surface area contributed by atoms with E-state index in [9.17, 15) is 25.1 Å². The molecule has 4 heterocycles. The minimum absolute atomic E-state index is 0.0657. The van der Waals surface area contributed by atoms with Crippen molar-refractivity contribution < 1.29 is 53.3 Å². The number of hydrogen-bond donors (Lipinski definition) is 2. The molecule has 0 saturated carbocycles. The van der Waals surface area contributed by atoms with Crippen LogP contribution in [0.1, 0.15) is 69.1 Å². The highest BCUT2D eigenvalue weighted by Gasteiger charge is 2.76. The number of hydrogen-bond acceptors (Lipinski definition) is 13. The molecule has 4 aliphatic heterocycles. The largest absolute Gasteiger partial charge is 0.508 e. The van der Waals surface area contributed by atoms with E-state index in [1.54, 1.807) is 42.3 Å². The highest BCUT2D eigenvalue weighted by Crippen LogP contribution is 2.66. The normalized spacial score (nSPS) is 22.0. The molecule has 10 rings (SSSR count). The lowest BCUT2D eigenvalue weighted by Crippen LogP contribution is -2.57. The molecule has 6 aromatic rings. The van der Waals surface area contributed by atoms with Gasteiger partial charge >= 0.3 is 12.1 Å². The van der Waals surface area contributed by atoms with Crippen molar-refractivity contribution >= 4 is 35.3 Å². The van der Waals surface area contributed by atoms with E-state index in [0.29, 0.717) is 45.7 Å². The summed E-state index contributed by atoms with van der Waals surface area (Å²) in [5.41, 5.74) is 2.26. The number of nitrogens with zero attached hydrogens (tertiary/aromatic N) is 4. The van der Waals surface area contributed by atoms with Crippen molar-refractivity contribution in [2.45, 2.75) is 55.6 Å². The second-order valence-electron chi connectivity index (χ2n) is 18.0. The highest BCUT2D eigenvalue weighted by molar-refractivity contribution is 6.23. The number of benzene rings is 6. The van der Waals surface area contributed by atoms with Crippen LogP contribution in [0.2, 0.25) is 0 Å². The van der Waals surface area contributed by atoms with Crippen LogP contribution in [0.5, 0.6) is 17.2 Å². The van der Waals surface area contributed by atoms with E-state index in [1.165, 1.54) is 43.5 Å². The number of ether oxygens (including phenoxy) is 4. The maximum Gasteiger partial charge on any atom is 0.421 e. The molecule has 3 amide bonds. The van der Waals surface area contributed by atoms with Crippen molar-refractivity contribution in [2.24, 2.45) is 5.92 Å². The summed E-state index contributed by atoms with van der Waals surface area (Å²) in [7, 11) is 3.06. The summed E-state index contributed by atoms with van der Waals surface area (Å²) < 4.78 is 23.8. The molecule has 16 nitrogen and oxygen atoms in total. The number of aromatic hydroxyl groups is 1. The van der Waals surface area contributed by atoms with Crippen LogP contribution in [0.4, 0.5) is 16.2 Å². The number of morpholine rings is 1. The Balaban J connectivity index is 1.22. The van der Waals surface area contributed by atoms with E-state index in [0.717, 1.165) is 16.0 Å². The molecule has 0 bridgehead atoms. The van der Waals surface area contributed by atoms with Gasteiger partial charge in [0.05, 0.1) is 49.4 Å². The third-order valence-electron chi connectivity index (χ3n) is 14.1. The fourth-order valence-electron chi connectivity index (χ4n) is 11.0. The molecular formula is C56H48N4O12. The first-order chi connectivity index (χ1) is 35.0. The van der Waals surface area contributed by atoms with Gasteiger partial charge in [0.1, 0.15) is 29.9 Å². The third kappa shape index (κ3) is 8.02. The number of cyclic esters (lactones) is 1. The van der Waals surface area contributed by atoms with Gasteiger partial charge in [-0.1, -0.05) is 84.6 Å². The number of amides is 3. The van der Waals surface area contributed by atoms with Crippen LogP contribution in [0.3, 0.4) is 0 Å². The number of esters is 1. The molecule has 2 saturated heterocycles. The van der Waals surface area contributed by atoms with Gasteiger partial charge in [-0.2, -0.15) is 0 Å². The zero-order valence-corrected chi connectivity index (χ0v) is 39.2. The SMILES string of the molecule is COc1cc2c(cc1OC)CN(C(=O)[C@H]1[C@@H]3C(=O)O[C@@H](c4ccccc4)[C@@H](c4ccccc4)N3[C@@H](c3ccc(O)cc3)[C@]13C(=O)N(C(=O)OCc1ccc([N+](=O)[O-])cc1)c1ccc(C#CCCO)cc13)CC2. The van der Waals surface area contributed by atoms with E-state index in [1.807, 2.05) is 77.7 Å². The first kappa shape index (κ1) is 47.2. The van der Waals surface area contributed by atoms with Crippen molar-refractivity contribution in [3.05, 3.63) is 194 Å². The van der Waals surface area contributed by atoms with Crippen LogP contribution in [0, 0.1) is 27.9 Å². The van der Waals surface area contributed by atoms with E-state index in [-0.39, 0.29) is 55.4 Å². The predicted molar refractivity (Wildman–Crippen MR) is 261 cm³/mol. The maximum absolute atomic E-state index is 16.6. The van der Waals surface area contributed by atoms with Crippen LogP contribution in [-0.4, -0.2) is 82.2 Å². The van der Waals surface area contributed by atoms with E-state index >= 15 is 14.4 Å². The van der Waals surface area contributed by atoms with Gasteiger partial charge in [0.15, 0.2) is 11.5 Å². The van der Waals surface area contributed by atoms with Crippen molar-refractivity contribution in [1.29, 1.82) is 0 Å². The Morgan fingerprint density at radius 1 is 0.819 bits per heavy atom. The number of anilines is 1. The molecule has 0 radical (unpaired) electrons. The van der Waals surface area contributed by atoms with Crippen LogP contribution < -0.4 is 14.4 Å². The number of non-ortho nitro benzene ring substituents is 1. The number of fused-ring (bicyclic) bond motifs is 4. The highest BCUT2D eigenvalue weighted by atomic mass is 16.6. The number of carbonyl (C=O) groups is 4. The number of carbonyl (C=O) groups excluding carboxylic acids is 4. The smallest absolute Gasteiger partial charge is 0.421 e. The fourth-order valence-corrected chi connectivity index (χ4v) is 11.0. The molecule has 2 fully saturated rings. The molecule has 0 aromatic heterocycles. The van der Waals surface area contributed by atoms with Crippen LogP contribution in [0.15, 0.2) is 140 Å². The molecular weight excluding hydrogens is 921 g/mol. The molecule has 6 aromatic carbocycles. The van der Waals surface area contributed by atoms with E-state index in [4.69, 9.17) is 18.9 Å². The maximum atomic E-state index is 16.6. The molecule has 72 heavy (non-hydrogen) atoms. The van der Waals surface area contributed by atoms with Gasteiger partial charge in [-0.3, -0.25) is 29.4 Å². The molecule has 2 N–H and O–H groups in total. The Bertz CT molecular complexity index is 3160. The van der Waals surface area contributed by atoms with Crippen LogP contribution in [-0.2, 0) is 48.8 Å². The Morgan fingerprint density at radius 3 is 2.14 bits per heavy atom. The number of nitro groups is 1. The van der Waals surface area contributed by atoms with E-state index < -0.39 is 64.4 Å². The number of rotatable bonds is 10. The predicted octanol–water partition coefficient (Wildman–Crippen LogP) is 7.64. The van der Waals surface area contributed by atoms with Gasteiger partial charge in [-0.15, -0.1) is 0 Å². The number of phenolic OH excluding ortho intramolecular Hbond substituents is 1. The molecule has 4 aliphatic rings. The topological polar surface area (TPSA) is 199 Å². The Hall–Kier alpha value is -8.52. The number of aliphatic hydroxyl groups excluding tert-OH is 1. The summed E-state index contributed by atoms with van der Waals surface area (Å²) in [6, 6.07) is 35.2. The van der Waals surface area contributed by atoms with Crippen LogP contribution in [0.25, 0.3) is 0 Å². The number of nitro benzene ring substituents is 1. The average molecular weight is 969 g/mol. The van der Waals surface area contributed by atoms with Gasteiger partial charge in [-0.05, 0) is 100.0 Å². The standard InChI is InChI=1S/C56H48N4O12/c1-69-45-30-39-26-27-57(32-40(39)31-46(45)70-2)52(63)47-49-53(64)72-50(37-14-7-4-8-15-37)48(36-12-5-3-6-13-36)59(49)51(38-19-23-42(62)24-20-38)56(47)43-29-34(11-9-10-28-61)18-25-44(43)58(54(56)65)55(66)71-33-35-16-21-41(22-17-35)60(67)68/h3-8,12-25,29-31,47-51,61-62H,10,26-28,32-33H2,1-2H3/t47-,48-,49-,50+,51+,56-/m1/s1. The third-order valence-corrected chi connectivity index (χ3v) is 14.1. The second-order valence-corrected chi connectivity index (χ2v) is 18.0. The quantitative estimate of drug-likeness (QED) is 0.0588. The molecule has 364 valence electrons. The zero-order chi connectivity index (χ0) is 50.3. The monoisotopic (exact) mass is 968 g/mol.